The minimum Gasteiger partial charge on any atom is -0.309 e. The summed E-state index contributed by atoms with van der Waals surface area (Å²) in [6.45, 7) is 2.13. The van der Waals surface area contributed by atoms with Crippen LogP contribution >= 0.6 is 47.8 Å². The quantitative estimate of drug-likeness (QED) is 0.779. The van der Waals surface area contributed by atoms with E-state index in [9.17, 15) is 4.39 Å². The summed E-state index contributed by atoms with van der Waals surface area (Å²) in [5.74, 6) is 0. The van der Waals surface area contributed by atoms with Gasteiger partial charge in [-0.1, -0.05) is 6.92 Å². The fraction of sp³-hybridized carbons (Fsp3) is 0.571. The molecule has 1 unspecified atom stereocenters. The van der Waals surface area contributed by atoms with E-state index in [2.05, 4.69) is 52.8 Å². The zero-order valence-electron chi connectivity index (χ0n) is 6.90. The van der Waals surface area contributed by atoms with Crippen LogP contribution in [0.1, 0.15) is 13.3 Å². The van der Waals surface area contributed by atoms with Gasteiger partial charge in [0, 0.05) is 0 Å². The maximum absolute atomic E-state index is 13.1. The van der Waals surface area contributed by atoms with Gasteiger partial charge in [0.15, 0.2) is 4.73 Å². The van der Waals surface area contributed by atoms with E-state index < -0.39 is 6.17 Å². The van der Waals surface area contributed by atoms with Gasteiger partial charge in [-0.2, -0.15) is 0 Å². The van der Waals surface area contributed by atoms with Gasteiger partial charge in [-0.25, -0.2) is 9.37 Å². The first kappa shape index (κ1) is 11.7. The fourth-order valence-corrected chi connectivity index (χ4v) is 2.62. The summed E-state index contributed by atoms with van der Waals surface area (Å²) in [5, 5.41) is 0. The molecular formula is C7H8Br3FN2. The van der Waals surface area contributed by atoms with Gasteiger partial charge in [0.25, 0.3) is 0 Å². The number of imidazole rings is 1. The zero-order chi connectivity index (χ0) is 10.0. The summed E-state index contributed by atoms with van der Waals surface area (Å²) in [5.41, 5.74) is 0. The smallest absolute Gasteiger partial charge is 0.179 e. The number of alkyl halides is 1. The maximum atomic E-state index is 13.1. The Hall–Kier alpha value is 0.580. The van der Waals surface area contributed by atoms with Crippen LogP contribution in [0.15, 0.2) is 13.9 Å². The Morgan fingerprint density at radius 2 is 2.08 bits per heavy atom. The van der Waals surface area contributed by atoms with E-state index in [1.807, 2.05) is 6.92 Å². The predicted molar refractivity (Wildman–Crippen MR) is 60.5 cm³/mol. The monoisotopic (exact) mass is 376 g/mol. The summed E-state index contributed by atoms with van der Waals surface area (Å²) >= 11 is 9.81. The van der Waals surface area contributed by atoms with Gasteiger partial charge < -0.3 is 4.57 Å². The molecule has 0 spiro atoms. The molecule has 13 heavy (non-hydrogen) atoms. The van der Waals surface area contributed by atoms with Crippen LogP contribution in [0.3, 0.4) is 0 Å². The standard InChI is InChI=1S/C7H8Br3FN2/c1-2-4(11)3-13-6(9)5(8)12-7(13)10/h4H,2-3H2,1H3. The molecule has 2 nitrogen and oxygen atoms in total. The van der Waals surface area contributed by atoms with Crippen molar-refractivity contribution in [1.82, 2.24) is 9.55 Å². The van der Waals surface area contributed by atoms with Gasteiger partial charge >= 0.3 is 0 Å². The molecule has 0 aliphatic carbocycles. The first-order valence-corrected chi connectivity index (χ1v) is 6.15. The SMILES string of the molecule is CCC(F)Cn1c(Br)nc(Br)c1Br. The molecule has 74 valence electrons. The molecule has 0 bridgehead atoms. The van der Waals surface area contributed by atoms with Gasteiger partial charge in [-0.3, -0.25) is 0 Å². The maximum Gasteiger partial charge on any atom is 0.179 e. The molecule has 0 saturated heterocycles. The fourth-order valence-electron chi connectivity index (χ4n) is 0.863. The highest BCUT2D eigenvalue weighted by Gasteiger charge is 2.14. The van der Waals surface area contributed by atoms with E-state index in [4.69, 9.17) is 0 Å². The van der Waals surface area contributed by atoms with Gasteiger partial charge in [-0.05, 0) is 54.2 Å². The normalized spacial score (nSPS) is 13.3. The first-order chi connectivity index (χ1) is 6.06. The van der Waals surface area contributed by atoms with E-state index in [0.717, 1.165) is 4.60 Å². The van der Waals surface area contributed by atoms with Crippen LogP contribution in [0.5, 0.6) is 0 Å². The first-order valence-electron chi connectivity index (χ1n) is 3.77. The van der Waals surface area contributed by atoms with Crippen molar-refractivity contribution in [2.24, 2.45) is 0 Å². The second-order valence-electron chi connectivity index (χ2n) is 2.58. The van der Waals surface area contributed by atoms with Crippen molar-refractivity contribution in [3.05, 3.63) is 13.9 Å². The summed E-state index contributed by atoms with van der Waals surface area (Å²) in [6.07, 6.45) is -0.331. The molecule has 6 heteroatoms. The third kappa shape index (κ3) is 2.76. The molecule has 0 radical (unpaired) electrons. The van der Waals surface area contributed by atoms with E-state index in [-0.39, 0.29) is 0 Å². The summed E-state index contributed by atoms with van der Waals surface area (Å²) in [6, 6.07) is 0. The molecule has 0 fully saturated rings. The van der Waals surface area contributed by atoms with E-state index >= 15 is 0 Å². The van der Waals surface area contributed by atoms with Crippen LogP contribution in [-0.4, -0.2) is 15.7 Å². The number of rotatable bonds is 3. The largest absolute Gasteiger partial charge is 0.309 e. The van der Waals surface area contributed by atoms with Crippen molar-refractivity contribution < 1.29 is 4.39 Å². The van der Waals surface area contributed by atoms with Gasteiger partial charge in [-0.15, -0.1) is 0 Å². The molecule has 0 amide bonds. The molecule has 0 aliphatic rings. The number of hydrogen-bond donors (Lipinski definition) is 0. The molecule has 1 rings (SSSR count). The van der Waals surface area contributed by atoms with Crippen LogP contribution in [0.4, 0.5) is 4.39 Å². The molecule has 0 N–H and O–H groups in total. The summed E-state index contributed by atoms with van der Waals surface area (Å²) in [4.78, 5) is 4.08. The zero-order valence-corrected chi connectivity index (χ0v) is 11.7. The lowest BCUT2D eigenvalue weighted by Crippen LogP contribution is -2.10. The second kappa shape index (κ2) is 4.89. The molecule has 0 aliphatic heterocycles. The van der Waals surface area contributed by atoms with Crippen molar-refractivity contribution in [2.45, 2.75) is 26.1 Å². The van der Waals surface area contributed by atoms with Crippen LogP contribution < -0.4 is 0 Å². The lowest BCUT2D eigenvalue weighted by Gasteiger charge is -2.08. The van der Waals surface area contributed by atoms with Gasteiger partial charge in [0.05, 0.1) is 6.54 Å². The number of aromatic nitrogens is 2. The number of hydrogen-bond acceptors (Lipinski definition) is 1. The highest BCUT2D eigenvalue weighted by molar-refractivity contribution is 9.13. The number of halogens is 4. The van der Waals surface area contributed by atoms with Crippen molar-refractivity contribution in [1.29, 1.82) is 0 Å². The predicted octanol–water partition coefficient (Wildman–Crippen LogP) is 3.92. The minimum atomic E-state index is -0.839. The van der Waals surface area contributed by atoms with Crippen molar-refractivity contribution >= 4 is 47.8 Å². The van der Waals surface area contributed by atoms with Gasteiger partial charge in [0.1, 0.15) is 15.4 Å². The molecule has 0 saturated carbocycles. The summed E-state index contributed by atoms with van der Waals surface area (Å²) in [7, 11) is 0. The molecule has 0 aromatic carbocycles. The highest BCUT2D eigenvalue weighted by atomic mass is 79.9. The van der Waals surface area contributed by atoms with Gasteiger partial charge in [0.2, 0.25) is 0 Å². The Kier molecular flexibility index (Phi) is 4.38. The van der Waals surface area contributed by atoms with Crippen LogP contribution in [0, 0.1) is 0 Å². The third-order valence-electron chi connectivity index (χ3n) is 1.64. The third-order valence-corrected chi connectivity index (χ3v) is 4.14. The topological polar surface area (TPSA) is 17.8 Å². The van der Waals surface area contributed by atoms with E-state index in [1.54, 1.807) is 4.57 Å². The Bertz CT molecular complexity index is 300. The summed E-state index contributed by atoms with van der Waals surface area (Å²) < 4.78 is 16.9. The molecule has 1 aromatic heterocycles. The Balaban J connectivity index is 2.87. The van der Waals surface area contributed by atoms with Crippen molar-refractivity contribution in [2.75, 3.05) is 0 Å². The van der Waals surface area contributed by atoms with Crippen LogP contribution in [0.25, 0.3) is 0 Å². The lowest BCUT2D eigenvalue weighted by molar-refractivity contribution is 0.284. The Morgan fingerprint density at radius 3 is 2.46 bits per heavy atom. The molecule has 1 atom stereocenters. The van der Waals surface area contributed by atoms with E-state index in [1.165, 1.54) is 0 Å². The second-order valence-corrected chi connectivity index (χ2v) is 4.79. The molecule has 1 heterocycles. The highest BCUT2D eigenvalue weighted by Crippen LogP contribution is 2.27. The Morgan fingerprint density at radius 1 is 1.46 bits per heavy atom. The average Bonchev–Trinajstić information content (AvgIpc) is 2.32. The van der Waals surface area contributed by atoms with Crippen molar-refractivity contribution in [3.63, 3.8) is 0 Å². The molecule has 1 aromatic rings. The van der Waals surface area contributed by atoms with Crippen LogP contribution in [-0.2, 0) is 6.54 Å². The van der Waals surface area contributed by atoms with Crippen molar-refractivity contribution in [3.8, 4) is 0 Å². The average molecular weight is 379 g/mol. The Labute approximate surface area is 101 Å². The molecular weight excluding hydrogens is 371 g/mol. The van der Waals surface area contributed by atoms with Crippen LogP contribution in [0.2, 0.25) is 0 Å². The minimum absolute atomic E-state index is 0.316. The lowest BCUT2D eigenvalue weighted by atomic mass is 10.3. The van der Waals surface area contributed by atoms with E-state index in [0.29, 0.717) is 22.3 Å². The number of nitrogens with zero attached hydrogens (tertiary/aromatic N) is 2.